The first kappa shape index (κ1) is 17.7. The molecule has 0 N–H and O–H groups in total. The average molecular weight is 357 g/mol. The SMILES string of the molecule is CCS(=O)(=O)C1CN(C(=O)CC(c2ccccc2)c2ccccc2)C1. The van der Waals surface area contributed by atoms with Gasteiger partial charge in [0.25, 0.3) is 0 Å². The van der Waals surface area contributed by atoms with Crippen molar-refractivity contribution in [2.45, 2.75) is 24.5 Å². The van der Waals surface area contributed by atoms with Gasteiger partial charge in [0.05, 0.1) is 5.25 Å². The van der Waals surface area contributed by atoms with E-state index >= 15 is 0 Å². The first-order valence-corrected chi connectivity index (χ1v) is 10.3. The van der Waals surface area contributed by atoms with E-state index in [2.05, 4.69) is 0 Å². The molecule has 0 spiro atoms. The molecule has 0 bridgehead atoms. The molecule has 0 atom stereocenters. The van der Waals surface area contributed by atoms with Gasteiger partial charge < -0.3 is 4.90 Å². The Labute approximate surface area is 149 Å². The summed E-state index contributed by atoms with van der Waals surface area (Å²) in [6, 6.07) is 20.0. The highest BCUT2D eigenvalue weighted by molar-refractivity contribution is 7.92. The summed E-state index contributed by atoms with van der Waals surface area (Å²) in [7, 11) is -3.05. The average Bonchev–Trinajstić information content (AvgIpc) is 2.59. The van der Waals surface area contributed by atoms with Crippen LogP contribution in [0.1, 0.15) is 30.4 Å². The topological polar surface area (TPSA) is 54.5 Å². The highest BCUT2D eigenvalue weighted by Gasteiger charge is 2.39. The van der Waals surface area contributed by atoms with Crippen LogP contribution >= 0.6 is 0 Å². The lowest BCUT2D eigenvalue weighted by Crippen LogP contribution is -2.57. The summed E-state index contributed by atoms with van der Waals surface area (Å²) in [6.45, 7) is 2.30. The van der Waals surface area contributed by atoms with Crippen LogP contribution in [0.4, 0.5) is 0 Å². The molecule has 1 heterocycles. The van der Waals surface area contributed by atoms with Gasteiger partial charge >= 0.3 is 0 Å². The normalized spacial score (nSPS) is 15.2. The predicted octanol–water partition coefficient (Wildman–Crippen LogP) is 2.85. The molecule has 3 rings (SSSR count). The number of rotatable bonds is 6. The minimum absolute atomic E-state index is 0.0141. The number of carbonyl (C=O) groups is 1. The fourth-order valence-corrected chi connectivity index (χ4v) is 4.49. The number of likely N-dealkylation sites (tertiary alicyclic amines) is 1. The zero-order valence-electron chi connectivity index (χ0n) is 14.3. The van der Waals surface area contributed by atoms with Gasteiger partial charge in [-0.2, -0.15) is 0 Å². The summed E-state index contributed by atoms with van der Waals surface area (Å²) < 4.78 is 23.8. The van der Waals surface area contributed by atoms with Crippen molar-refractivity contribution in [2.75, 3.05) is 18.8 Å². The standard InChI is InChI=1S/C20H23NO3S/c1-2-25(23,24)18-14-21(15-18)20(22)13-19(16-9-5-3-6-10-16)17-11-7-4-8-12-17/h3-12,18-19H,2,13-15H2,1H3. The van der Waals surface area contributed by atoms with Gasteiger partial charge in [0.1, 0.15) is 0 Å². The van der Waals surface area contributed by atoms with E-state index < -0.39 is 15.1 Å². The maximum absolute atomic E-state index is 12.7. The zero-order chi connectivity index (χ0) is 17.9. The fraction of sp³-hybridized carbons (Fsp3) is 0.350. The van der Waals surface area contributed by atoms with Crippen LogP contribution in [0.25, 0.3) is 0 Å². The maximum Gasteiger partial charge on any atom is 0.223 e. The van der Waals surface area contributed by atoms with Crippen LogP contribution in [0, 0.1) is 0 Å². The number of carbonyl (C=O) groups excluding carboxylic acids is 1. The van der Waals surface area contributed by atoms with Gasteiger partial charge in [0, 0.05) is 31.2 Å². The maximum atomic E-state index is 12.7. The quantitative estimate of drug-likeness (QED) is 0.799. The fourth-order valence-electron chi connectivity index (χ4n) is 3.21. The number of amides is 1. The van der Waals surface area contributed by atoms with Crippen molar-refractivity contribution in [1.82, 2.24) is 4.90 Å². The summed E-state index contributed by atoms with van der Waals surface area (Å²) in [4.78, 5) is 14.3. The van der Waals surface area contributed by atoms with Crippen molar-refractivity contribution in [2.24, 2.45) is 0 Å². The minimum Gasteiger partial charge on any atom is -0.340 e. The second-order valence-corrected chi connectivity index (χ2v) is 9.02. The van der Waals surface area contributed by atoms with Crippen LogP contribution in [-0.2, 0) is 14.6 Å². The molecular formula is C20H23NO3S. The van der Waals surface area contributed by atoms with E-state index in [1.807, 2.05) is 60.7 Å². The Morgan fingerprint density at radius 1 is 1.00 bits per heavy atom. The summed E-state index contributed by atoms with van der Waals surface area (Å²) in [5, 5.41) is -0.395. The molecule has 1 aliphatic rings. The smallest absolute Gasteiger partial charge is 0.223 e. The van der Waals surface area contributed by atoms with Crippen LogP contribution in [0.5, 0.6) is 0 Å². The van der Waals surface area contributed by atoms with Crippen LogP contribution < -0.4 is 0 Å². The number of sulfone groups is 1. The van der Waals surface area contributed by atoms with Gasteiger partial charge in [-0.1, -0.05) is 67.6 Å². The lowest BCUT2D eigenvalue weighted by atomic mass is 9.88. The molecule has 2 aromatic rings. The molecule has 1 saturated heterocycles. The van der Waals surface area contributed by atoms with Crippen LogP contribution in [0.2, 0.25) is 0 Å². The first-order valence-electron chi connectivity index (χ1n) is 8.60. The first-order chi connectivity index (χ1) is 12.0. The molecule has 1 amide bonds. The molecule has 132 valence electrons. The summed E-state index contributed by atoms with van der Waals surface area (Å²) in [5.41, 5.74) is 2.20. The molecule has 0 saturated carbocycles. The van der Waals surface area contributed by atoms with Gasteiger partial charge in [-0.15, -0.1) is 0 Å². The zero-order valence-corrected chi connectivity index (χ0v) is 15.2. The molecule has 0 unspecified atom stereocenters. The van der Waals surface area contributed by atoms with Crippen molar-refractivity contribution < 1.29 is 13.2 Å². The highest BCUT2D eigenvalue weighted by atomic mass is 32.2. The predicted molar refractivity (Wildman–Crippen MR) is 99.2 cm³/mol. The van der Waals surface area contributed by atoms with Crippen molar-refractivity contribution in [3.63, 3.8) is 0 Å². The van der Waals surface area contributed by atoms with E-state index in [9.17, 15) is 13.2 Å². The summed E-state index contributed by atoms with van der Waals surface area (Å²) in [5.74, 6) is 0.132. The summed E-state index contributed by atoms with van der Waals surface area (Å²) >= 11 is 0. The third kappa shape index (κ3) is 3.93. The van der Waals surface area contributed by atoms with E-state index in [4.69, 9.17) is 0 Å². The molecule has 5 heteroatoms. The second-order valence-electron chi connectivity index (χ2n) is 6.45. The van der Waals surface area contributed by atoms with Crippen LogP contribution in [0.3, 0.4) is 0 Å². The Morgan fingerprint density at radius 3 is 1.92 bits per heavy atom. The molecule has 0 radical (unpaired) electrons. The van der Waals surface area contributed by atoms with Gasteiger partial charge in [-0.05, 0) is 11.1 Å². The lowest BCUT2D eigenvalue weighted by molar-refractivity contribution is -0.134. The van der Waals surface area contributed by atoms with Gasteiger partial charge in [-0.3, -0.25) is 4.79 Å². The summed E-state index contributed by atoms with van der Waals surface area (Å²) in [6.07, 6.45) is 0.354. The van der Waals surface area contributed by atoms with Crippen molar-refractivity contribution in [3.05, 3.63) is 71.8 Å². The second kappa shape index (κ2) is 7.40. The van der Waals surface area contributed by atoms with E-state index in [-0.39, 0.29) is 17.6 Å². The van der Waals surface area contributed by atoms with Crippen molar-refractivity contribution in [3.8, 4) is 0 Å². The Balaban J connectivity index is 1.73. The molecule has 0 aromatic heterocycles. The Morgan fingerprint density at radius 2 is 1.48 bits per heavy atom. The molecule has 1 fully saturated rings. The van der Waals surface area contributed by atoms with Gasteiger partial charge in [0.15, 0.2) is 9.84 Å². The third-order valence-corrected chi connectivity index (χ3v) is 7.01. The molecule has 4 nitrogen and oxygen atoms in total. The van der Waals surface area contributed by atoms with E-state index in [0.29, 0.717) is 19.5 Å². The van der Waals surface area contributed by atoms with Crippen LogP contribution in [0.15, 0.2) is 60.7 Å². The van der Waals surface area contributed by atoms with Gasteiger partial charge in [-0.25, -0.2) is 8.42 Å². The van der Waals surface area contributed by atoms with Crippen molar-refractivity contribution in [1.29, 1.82) is 0 Å². The monoisotopic (exact) mass is 357 g/mol. The minimum atomic E-state index is -3.05. The lowest BCUT2D eigenvalue weighted by Gasteiger charge is -2.39. The van der Waals surface area contributed by atoms with E-state index in [0.717, 1.165) is 11.1 Å². The number of hydrogen-bond donors (Lipinski definition) is 0. The number of hydrogen-bond acceptors (Lipinski definition) is 3. The van der Waals surface area contributed by atoms with E-state index in [1.54, 1.807) is 11.8 Å². The molecular weight excluding hydrogens is 334 g/mol. The van der Waals surface area contributed by atoms with Crippen molar-refractivity contribution >= 4 is 15.7 Å². The third-order valence-electron chi connectivity index (χ3n) is 4.89. The Bertz CT molecular complexity index is 773. The van der Waals surface area contributed by atoms with E-state index in [1.165, 1.54) is 0 Å². The Hall–Kier alpha value is -2.14. The molecule has 25 heavy (non-hydrogen) atoms. The molecule has 2 aromatic carbocycles. The molecule has 1 aliphatic heterocycles. The highest BCUT2D eigenvalue weighted by Crippen LogP contribution is 2.30. The van der Waals surface area contributed by atoms with Gasteiger partial charge in [0.2, 0.25) is 5.91 Å². The largest absolute Gasteiger partial charge is 0.340 e. The Kier molecular flexibility index (Phi) is 5.23. The van der Waals surface area contributed by atoms with Crippen LogP contribution in [-0.4, -0.2) is 43.3 Å². The number of nitrogens with zero attached hydrogens (tertiary/aromatic N) is 1. The molecule has 0 aliphatic carbocycles. The number of benzene rings is 2.